The number of rotatable bonds is 5. The molecule has 0 spiro atoms. The maximum Gasteiger partial charge on any atom is 0.368 e. The van der Waals surface area contributed by atoms with Gasteiger partial charge in [-0.15, -0.1) is 0 Å². The molecule has 0 aliphatic carbocycles. The van der Waals surface area contributed by atoms with E-state index in [0.29, 0.717) is 11.3 Å². The largest absolute Gasteiger partial charge is 0.422 e. The maximum atomic E-state index is 12.3. The van der Waals surface area contributed by atoms with Crippen LogP contribution in [0.4, 0.5) is 0 Å². The molecule has 6 heteroatoms. The highest BCUT2D eigenvalue weighted by molar-refractivity contribution is 9.10. The molecular weight excluding hydrogens is 384 g/mol. The topological polar surface area (TPSA) is 60.1 Å². The number of Topliss-reactive ketones (excluding diaryl/α,β-unsaturated/α-hetero) is 1. The molecule has 0 unspecified atom stereocenters. The Bertz CT molecular complexity index is 896. The van der Waals surface area contributed by atoms with Crippen LogP contribution in [-0.4, -0.2) is 16.7 Å². The van der Waals surface area contributed by atoms with Gasteiger partial charge >= 0.3 is 5.97 Å². The first kappa shape index (κ1) is 17.0. The Morgan fingerprint density at radius 1 is 1.04 bits per heavy atom. The predicted molar refractivity (Wildman–Crippen MR) is 94.3 cm³/mol. The van der Waals surface area contributed by atoms with Crippen molar-refractivity contribution in [3.05, 3.63) is 88.9 Å². The summed E-state index contributed by atoms with van der Waals surface area (Å²) in [6.07, 6.45) is 4.61. The van der Waals surface area contributed by atoms with Crippen LogP contribution < -0.4 is 9.30 Å². The highest BCUT2D eigenvalue weighted by Gasteiger charge is 2.17. The monoisotopic (exact) mass is 397 g/mol. The number of esters is 1. The number of halogens is 1. The third-order valence-corrected chi connectivity index (χ3v) is 3.94. The Morgan fingerprint density at radius 3 is 2.48 bits per heavy atom. The number of ketones is 1. The van der Waals surface area contributed by atoms with Gasteiger partial charge in [-0.2, -0.15) is 4.57 Å². The Kier molecular flexibility index (Phi) is 5.30. The highest BCUT2D eigenvalue weighted by atomic mass is 79.9. The summed E-state index contributed by atoms with van der Waals surface area (Å²) >= 11 is 3.32. The molecule has 0 saturated carbocycles. The van der Waals surface area contributed by atoms with Crippen LogP contribution in [0, 0.1) is 0 Å². The van der Waals surface area contributed by atoms with Gasteiger partial charge in [0.15, 0.2) is 6.20 Å². The van der Waals surface area contributed by atoms with Gasteiger partial charge in [0.1, 0.15) is 5.75 Å². The third-order valence-electron chi connectivity index (χ3n) is 3.42. The van der Waals surface area contributed by atoms with Gasteiger partial charge in [-0.3, -0.25) is 4.79 Å². The molecule has 1 aromatic heterocycles. The molecule has 5 nitrogen and oxygen atoms in total. The summed E-state index contributed by atoms with van der Waals surface area (Å²) in [5, 5.41) is 0. The SMILES string of the molecule is O=C(C[n+]1ccnc(C(=O)Oc2ccc(Br)cc2)c1)c1ccccc1. The fraction of sp³-hybridized carbons (Fsp3) is 0.0526. The number of hydrogen-bond acceptors (Lipinski definition) is 4. The summed E-state index contributed by atoms with van der Waals surface area (Å²) in [5.41, 5.74) is 0.747. The zero-order valence-corrected chi connectivity index (χ0v) is 14.7. The number of ether oxygens (including phenoxy) is 1. The fourth-order valence-corrected chi connectivity index (χ4v) is 2.44. The van der Waals surface area contributed by atoms with E-state index in [4.69, 9.17) is 4.74 Å². The Balaban J connectivity index is 1.71. The zero-order chi connectivity index (χ0) is 17.6. The second-order valence-corrected chi connectivity index (χ2v) is 6.16. The molecule has 3 aromatic rings. The smallest absolute Gasteiger partial charge is 0.368 e. The van der Waals surface area contributed by atoms with E-state index in [9.17, 15) is 9.59 Å². The van der Waals surface area contributed by atoms with E-state index in [-0.39, 0.29) is 18.0 Å². The standard InChI is InChI=1S/C19H14BrN2O3/c20-15-6-8-16(9-7-15)25-19(24)17-12-22(11-10-21-17)13-18(23)14-4-2-1-3-5-14/h1-12H,13H2/q+1. The van der Waals surface area contributed by atoms with Crippen LogP contribution in [0.15, 0.2) is 77.7 Å². The Labute approximate surface area is 153 Å². The summed E-state index contributed by atoms with van der Waals surface area (Å²) in [4.78, 5) is 28.5. The van der Waals surface area contributed by atoms with E-state index in [0.717, 1.165) is 4.47 Å². The quantitative estimate of drug-likeness (QED) is 0.287. The number of carbonyl (C=O) groups is 2. The van der Waals surface area contributed by atoms with Gasteiger partial charge in [-0.1, -0.05) is 46.3 Å². The highest BCUT2D eigenvalue weighted by Crippen LogP contribution is 2.16. The van der Waals surface area contributed by atoms with Gasteiger partial charge < -0.3 is 4.74 Å². The van der Waals surface area contributed by atoms with Crippen molar-refractivity contribution in [2.24, 2.45) is 0 Å². The van der Waals surface area contributed by atoms with Crippen LogP contribution in [-0.2, 0) is 6.54 Å². The third kappa shape index (κ3) is 4.58. The molecule has 0 aliphatic rings. The molecule has 0 bridgehead atoms. The zero-order valence-electron chi connectivity index (χ0n) is 13.1. The van der Waals surface area contributed by atoms with Gasteiger partial charge in [-0.05, 0) is 24.3 Å². The summed E-state index contributed by atoms with van der Waals surface area (Å²) in [6.45, 7) is 0.116. The molecule has 0 fully saturated rings. The average Bonchev–Trinajstić information content (AvgIpc) is 2.64. The number of benzene rings is 2. The molecule has 3 rings (SSSR count). The van der Waals surface area contributed by atoms with E-state index >= 15 is 0 Å². The minimum atomic E-state index is -0.580. The van der Waals surface area contributed by atoms with E-state index in [1.54, 1.807) is 47.2 Å². The van der Waals surface area contributed by atoms with Crippen LogP contribution in [0.2, 0.25) is 0 Å². The second-order valence-electron chi connectivity index (χ2n) is 5.25. The Hall–Kier alpha value is -2.86. The number of carbonyl (C=O) groups excluding carboxylic acids is 2. The van der Waals surface area contributed by atoms with Crippen molar-refractivity contribution in [3.63, 3.8) is 0 Å². The summed E-state index contributed by atoms with van der Waals surface area (Å²) < 4.78 is 7.78. The summed E-state index contributed by atoms with van der Waals surface area (Å²) in [5.74, 6) is -0.210. The van der Waals surface area contributed by atoms with Crippen molar-refractivity contribution in [1.29, 1.82) is 0 Å². The van der Waals surface area contributed by atoms with Crippen LogP contribution >= 0.6 is 15.9 Å². The normalized spacial score (nSPS) is 10.3. The molecule has 0 saturated heterocycles. The van der Waals surface area contributed by atoms with Crippen molar-refractivity contribution in [1.82, 2.24) is 4.98 Å². The van der Waals surface area contributed by atoms with Crippen molar-refractivity contribution in [2.75, 3.05) is 0 Å². The van der Waals surface area contributed by atoms with Crippen molar-refractivity contribution < 1.29 is 18.9 Å². The van der Waals surface area contributed by atoms with Crippen LogP contribution in [0.3, 0.4) is 0 Å². The van der Waals surface area contributed by atoms with Gasteiger partial charge in [0.05, 0.1) is 6.20 Å². The lowest BCUT2D eigenvalue weighted by atomic mass is 10.1. The molecule has 0 atom stereocenters. The molecule has 1 heterocycles. The summed E-state index contributed by atoms with van der Waals surface area (Å²) in [7, 11) is 0. The minimum absolute atomic E-state index is 0.0518. The number of hydrogen-bond donors (Lipinski definition) is 0. The Morgan fingerprint density at radius 2 is 1.76 bits per heavy atom. The average molecular weight is 398 g/mol. The number of nitrogens with zero attached hydrogens (tertiary/aromatic N) is 2. The van der Waals surface area contributed by atoms with Crippen LogP contribution in [0.5, 0.6) is 5.75 Å². The van der Waals surface area contributed by atoms with Gasteiger partial charge in [0.2, 0.25) is 24.2 Å². The lowest BCUT2D eigenvalue weighted by Gasteiger charge is -2.03. The molecule has 2 aromatic carbocycles. The van der Waals surface area contributed by atoms with Crippen molar-refractivity contribution in [2.45, 2.75) is 6.54 Å². The van der Waals surface area contributed by atoms with Gasteiger partial charge in [0, 0.05) is 10.0 Å². The van der Waals surface area contributed by atoms with Crippen molar-refractivity contribution in [3.8, 4) is 5.75 Å². The van der Waals surface area contributed by atoms with Crippen LogP contribution in [0.1, 0.15) is 20.8 Å². The first-order valence-corrected chi connectivity index (χ1v) is 8.32. The predicted octanol–water partition coefficient (Wildman–Crippen LogP) is 3.23. The fourth-order valence-electron chi connectivity index (χ4n) is 2.18. The molecule has 0 radical (unpaired) electrons. The van der Waals surface area contributed by atoms with E-state index in [1.807, 2.05) is 18.2 Å². The number of aromatic nitrogens is 2. The minimum Gasteiger partial charge on any atom is -0.422 e. The maximum absolute atomic E-state index is 12.3. The van der Waals surface area contributed by atoms with Gasteiger partial charge in [-0.25, -0.2) is 9.78 Å². The van der Waals surface area contributed by atoms with E-state index < -0.39 is 5.97 Å². The van der Waals surface area contributed by atoms with E-state index in [2.05, 4.69) is 20.9 Å². The summed E-state index contributed by atoms with van der Waals surface area (Å²) in [6, 6.07) is 15.9. The lowest BCUT2D eigenvalue weighted by molar-refractivity contribution is -0.683. The first-order chi connectivity index (χ1) is 12.1. The molecular formula is C19H14BrN2O3+. The van der Waals surface area contributed by atoms with Crippen molar-refractivity contribution >= 4 is 27.7 Å². The second kappa shape index (κ2) is 7.81. The molecule has 0 amide bonds. The molecule has 25 heavy (non-hydrogen) atoms. The molecule has 0 N–H and O–H groups in total. The van der Waals surface area contributed by atoms with Crippen LogP contribution in [0.25, 0.3) is 0 Å². The molecule has 124 valence electrons. The first-order valence-electron chi connectivity index (χ1n) is 7.53. The van der Waals surface area contributed by atoms with E-state index in [1.165, 1.54) is 12.4 Å². The lowest BCUT2D eigenvalue weighted by Crippen LogP contribution is -2.38. The molecule has 0 aliphatic heterocycles. The van der Waals surface area contributed by atoms with Gasteiger partial charge in [0.25, 0.3) is 0 Å².